The van der Waals surface area contributed by atoms with E-state index in [1.54, 1.807) is 16.8 Å². The van der Waals surface area contributed by atoms with Crippen molar-refractivity contribution in [1.82, 2.24) is 14.8 Å². The second-order valence-corrected chi connectivity index (χ2v) is 12.1. The normalized spacial score (nSPS) is 18.3. The van der Waals surface area contributed by atoms with Crippen LogP contribution in [-0.2, 0) is 17.6 Å². The molecule has 3 aliphatic rings. The Kier molecular flexibility index (Phi) is 8.03. The number of halogens is 2. The number of carbonyl (C=O) groups is 1. The Bertz CT molecular complexity index is 1720. The molecule has 0 spiro atoms. The molecule has 2 aromatic heterocycles. The van der Waals surface area contributed by atoms with Gasteiger partial charge in [-0.1, -0.05) is 17.9 Å². The van der Waals surface area contributed by atoms with Gasteiger partial charge in [0.2, 0.25) is 5.13 Å². The van der Waals surface area contributed by atoms with Gasteiger partial charge >= 0.3 is 5.97 Å². The fraction of sp³-hybridized carbons (Fsp3) is 0.323. The summed E-state index contributed by atoms with van der Waals surface area (Å²) in [6.45, 7) is 1.87. The van der Waals surface area contributed by atoms with Crippen molar-refractivity contribution in [2.75, 3.05) is 0 Å². The molecule has 3 N–H and O–H groups in total. The van der Waals surface area contributed by atoms with Crippen molar-refractivity contribution in [3.05, 3.63) is 86.9 Å². The Morgan fingerprint density at radius 1 is 1.31 bits per heavy atom. The second-order valence-electron chi connectivity index (χ2n) is 10.6. The van der Waals surface area contributed by atoms with Crippen molar-refractivity contribution in [3.8, 4) is 17.0 Å². The molecular formula is C31H28F2N4O3S2. The number of nitrogens with two attached hydrogens (primary N) is 1. The van der Waals surface area contributed by atoms with E-state index in [-0.39, 0.29) is 24.0 Å². The first-order chi connectivity index (χ1) is 20.3. The molecular weight excluding hydrogens is 578 g/mol. The van der Waals surface area contributed by atoms with E-state index in [0.717, 1.165) is 59.4 Å². The zero-order valence-electron chi connectivity index (χ0n) is 22.8. The van der Waals surface area contributed by atoms with Gasteiger partial charge in [-0.2, -0.15) is 5.10 Å². The summed E-state index contributed by atoms with van der Waals surface area (Å²) in [7, 11) is 0. The summed E-state index contributed by atoms with van der Waals surface area (Å²) in [6, 6.07) is 4.98. The van der Waals surface area contributed by atoms with E-state index in [0.29, 0.717) is 46.5 Å². The molecule has 3 heterocycles. The third-order valence-corrected chi connectivity index (χ3v) is 8.91. The number of carboxylic acids is 1. The minimum absolute atomic E-state index is 0.0544. The summed E-state index contributed by atoms with van der Waals surface area (Å²) in [5.74, 6) is 5.50. The Labute approximate surface area is 250 Å². The SMILES string of the molecule is CC1=CCC(C#CC2=C(F)CCC(c3nn(-c4nc(C(=O)O)cs4)c(CC4CC4)c3Cc3ccc(SN)c(F)c3)=C2)O1. The maximum Gasteiger partial charge on any atom is 0.355 e. The van der Waals surface area contributed by atoms with Gasteiger partial charge in [-0.05, 0) is 85.9 Å². The Morgan fingerprint density at radius 3 is 2.81 bits per heavy atom. The second kappa shape index (κ2) is 11.9. The largest absolute Gasteiger partial charge is 0.482 e. The lowest BCUT2D eigenvalue weighted by Crippen LogP contribution is -2.06. The van der Waals surface area contributed by atoms with Gasteiger partial charge in [0.05, 0.1) is 27.6 Å². The van der Waals surface area contributed by atoms with Crippen molar-refractivity contribution < 1.29 is 23.4 Å². The monoisotopic (exact) mass is 606 g/mol. The number of thiazole rings is 1. The van der Waals surface area contributed by atoms with Crippen LogP contribution in [0.25, 0.3) is 10.7 Å². The van der Waals surface area contributed by atoms with Crippen LogP contribution in [0.15, 0.2) is 57.8 Å². The summed E-state index contributed by atoms with van der Waals surface area (Å²) in [4.78, 5) is 16.3. The van der Waals surface area contributed by atoms with Crippen LogP contribution in [0, 0.1) is 23.6 Å². The summed E-state index contributed by atoms with van der Waals surface area (Å²) < 4.78 is 37.1. The molecule has 1 unspecified atom stereocenters. The Morgan fingerprint density at radius 2 is 2.14 bits per heavy atom. The number of ether oxygens (including phenoxy) is 1. The third kappa shape index (κ3) is 6.07. The molecule has 42 heavy (non-hydrogen) atoms. The summed E-state index contributed by atoms with van der Waals surface area (Å²) in [5.41, 5.74) is 4.26. The van der Waals surface area contributed by atoms with Crippen LogP contribution < -0.4 is 5.14 Å². The number of carboxylic acid groups (broad SMARTS) is 1. The van der Waals surface area contributed by atoms with Gasteiger partial charge in [-0.25, -0.2) is 23.2 Å². The number of rotatable bonds is 8. The van der Waals surface area contributed by atoms with Gasteiger partial charge in [0, 0.05) is 30.2 Å². The van der Waals surface area contributed by atoms with Gasteiger partial charge in [0.15, 0.2) is 11.8 Å². The number of benzene rings is 1. The first-order valence-electron chi connectivity index (χ1n) is 13.7. The van der Waals surface area contributed by atoms with E-state index in [2.05, 4.69) is 16.8 Å². The molecule has 0 bridgehead atoms. The number of allylic oxidation sites excluding steroid dienone is 5. The fourth-order valence-corrected chi connectivity index (χ4v) is 6.23. The van der Waals surface area contributed by atoms with Crippen molar-refractivity contribution in [1.29, 1.82) is 0 Å². The minimum Gasteiger partial charge on any atom is -0.482 e. The molecule has 1 aromatic carbocycles. The predicted octanol–water partition coefficient (Wildman–Crippen LogP) is 6.77. The Balaban J connectivity index is 1.45. The fourth-order valence-electron chi connectivity index (χ4n) is 5.14. The van der Waals surface area contributed by atoms with Crippen LogP contribution >= 0.6 is 23.3 Å². The summed E-state index contributed by atoms with van der Waals surface area (Å²) in [5, 5.41) is 22.0. The van der Waals surface area contributed by atoms with E-state index in [1.807, 2.05) is 19.1 Å². The zero-order valence-corrected chi connectivity index (χ0v) is 24.5. The minimum atomic E-state index is -1.11. The van der Waals surface area contributed by atoms with Gasteiger partial charge < -0.3 is 9.84 Å². The number of hydrogen-bond donors (Lipinski definition) is 2. The van der Waals surface area contributed by atoms with Crippen LogP contribution in [0.1, 0.15) is 72.0 Å². The molecule has 2 aliphatic carbocycles. The molecule has 1 atom stereocenters. The van der Waals surface area contributed by atoms with Crippen LogP contribution in [0.2, 0.25) is 0 Å². The third-order valence-electron chi connectivity index (χ3n) is 7.51. The summed E-state index contributed by atoms with van der Waals surface area (Å²) in [6.07, 6.45) is 7.94. The van der Waals surface area contributed by atoms with E-state index in [9.17, 15) is 18.7 Å². The molecule has 0 amide bonds. The molecule has 6 rings (SSSR count). The van der Waals surface area contributed by atoms with E-state index in [1.165, 1.54) is 22.8 Å². The smallest absolute Gasteiger partial charge is 0.355 e. The van der Waals surface area contributed by atoms with Crippen molar-refractivity contribution in [2.24, 2.45) is 11.1 Å². The highest BCUT2D eigenvalue weighted by Gasteiger charge is 2.30. The molecule has 1 fully saturated rings. The van der Waals surface area contributed by atoms with E-state index in [4.69, 9.17) is 15.0 Å². The highest BCUT2D eigenvalue weighted by Crippen LogP contribution is 2.39. The lowest BCUT2D eigenvalue weighted by atomic mass is 9.91. The van der Waals surface area contributed by atoms with Gasteiger partial charge in [-0.3, -0.25) is 5.14 Å². The number of aromatic nitrogens is 3. The van der Waals surface area contributed by atoms with Crippen LogP contribution in [-0.4, -0.2) is 31.9 Å². The van der Waals surface area contributed by atoms with Crippen LogP contribution in [0.5, 0.6) is 0 Å². The van der Waals surface area contributed by atoms with Crippen molar-refractivity contribution >= 4 is 34.8 Å². The average Bonchev–Trinajstić information content (AvgIpc) is 3.32. The van der Waals surface area contributed by atoms with Crippen LogP contribution in [0.4, 0.5) is 8.78 Å². The molecule has 1 saturated carbocycles. The Hall–Kier alpha value is -3.72. The van der Waals surface area contributed by atoms with E-state index < -0.39 is 11.8 Å². The number of nitrogens with zero attached hydrogens (tertiary/aromatic N) is 3. The van der Waals surface area contributed by atoms with Crippen molar-refractivity contribution in [2.45, 2.75) is 62.9 Å². The first kappa shape index (κ1) is 28.4. The maximum atomic E-state index is 15.0. The highest BCUT2D eigenvalue weighted by molar-refractivity contribution is 7.97. The molecule has 11 heteroatoms. The predicted molar refractivity (Wildman–Crippen MR) is 158 cm³/mol. The lowest BCUT2D eigenvalue weighted by Gasteiger charge is -2.14. The molecule has 216 valence electrons. The number of hydrogen-bond acceptors (Lipinski definition) is 7. The van der Waals surface area contributed by atoms with Gasteiger partial charge in [0.1, 0.15) is 11.6 Å². The van der Waals surface area contributed by atoms with E-state index >= 15 is 0 Å². The molecule has 3 aromatic rings. The van der Waals surface area contributed by atoms with Crippen molar-refractivity contribution in [3.63, 3.8) is 0 Å². The first-order valence-corrected chi connectivity index (χ1v) is 15.4. The average molecular weight is 607 g/mol. The van der Waals surface area contributed by atoms with Gasteiger partial charge in [0.25, 0.3) is 0 Å². The maximum absolute atomic E-state index is 15.0. The highest BCUT2D eigenvalue weighted by atomic mass is 32.2. The topological polar surface area (TPSA) is 103 Å². The summed E-state index contributed by atoms with van der Waals surface area (Å²) >= 11 is 2.06. The van der Waals surface area contributed by atoms with Gasteiger partial charge in [-0.15, -0.1) is 11.3 Å². The molecule has 0 saturated heterocycles. The standard InChI is InChI=1S/C31H28F2N4O3S2/c1-17-2-8-22(40-17)9-6-20-15-21(7-10-24(20)32)29-23(12-19-5-11-28(42-34)25(33)13-19)27(14-18-3-4-18)37(36-29)31-35-26(16-41-31)30(38)39/h2,5,11,13,15-16,18,22H,3-4,7-8,10,12,14,34H2,1H3,(H,38,39). The lowest BCUT2D eigenvalue weighted by molar-refractivity contribution is 0.0691. The zero-order chi connectivity index (χ0) is 29.4. The number of aromatic carboxylic acids is 1. The van der Waals surface area contributed by atoms with Crippen LogP contribution in [0.3, 0.4) is 0 Å². The quantitative estimate of drug-likeness (QED) is 0.215. The molecule has 1 aliphatic heterocycles. The molecule has 7 nitrogen and oxygen atoms in total. The molecule has 0 radical (unpaired) electrons.